The highest BCUT2D eigenvalue weighted by atomic mass is 79.9. The van der Waals surface area contributed by atoms with Gasteiger partial charge in [0.15, 0.2) is 0 Å². The summed E-state index contributed by atoms with van der Waals surface area (Å²) in [6.07, 6.45) is -3.23. The van der Waals surface area contributed by atoms with Gasteiger partial charge in [-0.25, -0.2) is 0 Å². The SMILES string of the molecule is CCCNC(C)c1ccc(Br)cc1N(CC)CC(F)(F)F. The van der Waals surface area contributed by atoms with Crippen molar-refractivity contribution in [2.45, 2.75) is 39.4 Å². The molecule has 0 fully saturated rings. The van der Waals surface area contributed by atoms with Crippen molar-refractivity contribution in [3.8, 4) is 0 Å². The van der Waals surface area contributed by atoms with Crippen molar-refractivity contribution in [2.24, 2.45) is 0 Å². The van der Waals surface area contributed by atoms with Crippen LogP contribution < -0.4 is 10.2 Å². The highest BCUT2D eigenvalue weighted by molar-refractivity contribution is 9.10. The number of rotatable bonds is 7. The first kappa shape index (κ1) is 18.3. The van der Waals surface area contributed by atoms with Crippen LogP contribution in [0.1, 0.15) is 38.8 Å². The van der Waals surface area contributed by atoms with Crippen LogP contribution in [-0.4, -0.2) is 25.8 Å². The van der Waals surface area contributed by atoms with Gasteiger partial charge in [0.25, 0.3) is 0 Å². The summed E-state index contributed by atoms with van der Waals surface area (Å²) in [4.78, 5) is 1.37. The van der Waals surface area contributed by atoms with E-state index in [0.29, 0.717) is 12.2 Å². The minimum atomic E-state index is -4.21. The molecule has 1 unspecified atom stereocenters. The second kappa shape index (κ2) is 8.03. The summed E-state index contributed by atoms with van der Waals surface area (Å²) in [5.41, 5.74) is 1.51. The standard InChI is InChI=1S/C15H22BrF3N2/c1-4-8-20-11(3)13-7-6-12(16)9-14(13)21(5-2)10-15(17,18)19/h6-7,9,11,20H,4-5,8,10H2,1-3H3. The molecule has 0 aromatic heterocycles. The van der Waals surface area contributed by atoms with E-state index in [1.54, 1.807) is 13.0 Å². The Bertz CT molecular complexity index is 449. The van der Waals surface area contributed by atoms with Gasteiger partial charge in [-0.1, -0.05) is 28.9 Å². The Kier molecular flexibility index (Phi) is 7.00. The molecule has 6 heteroatoms. The molecule has 2 nitrogen and oxygen atoms in total. The number of nitrogens with zero attached hydrogens (tertiary/aromatic N) is 1. The zero-order valence-corrected chi connectivity index (χ0v) is 14.2. The van der Waals surface area contributed by atoms with Gasteiger partial charge in [-0.3, -0.25) is 0 Å². The number of nitrogens with one attached hydrogen (secondary N) is 1. The molecule has 0 aliphatic carbocycles. The maximum Gasteiger partial charge on any atom is 0.405 e. The first-order valence-corrected chi connectivity index (χ1v) is 7.92. The first-order chi connectivity index (χ1) is 9.78. The van der Waals surface area contributed by atoms with Crippen molar-refractivity contribution in [3.05, 3.63) is 28.2 Å². The van der Waals surface area contributed by atoms with E-state index in [1.165, 1.54) is 4.90 Å². The summed E-state index contributed by atoms with van der Waals surface area (Å²) in [6, 6.07) is 5.51. The first-order valence-electron chi connectivity index (χ1n) is 7.13. The molecule has 1 rings (SSSR count). The Labute approximate surface area is 132 Å². The molecule has 0 saturated carbocycles. The third-order valence-electron chi connectivity index (χ3n) is 3.25. The average Bonchev–Trinajstić information content (AvgIpc) is 2.41. The zero-order chi connectivity index (χ0) is 16.0. The fourth-order valence-electron chi connectivity index (χ4n) is 2.21. The lowest BCUT2D eigenvalue weighted by Crippen LogP contribution is -2.35. The summed E-state index contributed by atoms with van der Waals surface area (Å²) in [5.74, 6) is 0. The van der Waals surface area contributed by atoms with Gasteiger partial charge in [0.2, 0.25) is 0 Å². The van der Waals surface area contributed by atoms with E-state index < -0.39 is 12.7 Å². The van der Waals surface area contributed by atoms with Gasteiger partial charge in [-0.15, -0.1) is 0 Å². The Morgan fingerprint density at radius 3 is 2.48 bits per heavy atom. The van der Waals surface area contributed by atoms with Crippen LogP contribution in [0.25, 0.3) is 0 Å². The van der Waals surface area contributed by atoms with Crippen LogP contribution >= 0.6 is 15.9 Å². The number of benzene rings is 1. The Morgan fingerprint density at radius 2 is 1.95 bits per heavy atom. The fraction of sp³-hybridized carbons (Fsp3) is 0.600. The van der Waals surface area contributed by atoms with Crippen LogP contribution in [0.2, 0.25) is 0 Å². The highest BCUT2D eigenvalue weighted by Gasteiger charge is 2.31. The summed E-state index contributed by atoms with van der Waals surface area (Å²) in [6.45, 7) is 5.98. The third kappa shape index (κ3) is 5.87. The number of anilines is 1. The predicted molar refractivity (Wildman–Crippen MR) is 84.8 cm³/mol. The van der Waals surface area contributed by atoms with Crippen LogP contribution in [0.3, 0.4) is 0 Å². The molecule has 0 amide bonds. The van der Waals surface area contributed by atoms with Crippen molar-refractivity contribution in [1.29, 1.82) is 0 Å². The lowest BCUT2D eigenvalue weighted by Gasteiger charge is -2.29. The van der Waals surface area contributed by atoms with E-state index >= 15 is 0 Å². The molecule has 0 saturated heterocycles. The molecule has 0 heterocycles. The second-order valence-electron chi connectivity index (χ2n) is 5.01. The topological polar surface area (TPSA) is 15.3 Å². The van der Waals surface area contributed by atoms with Crippen LogP contribution in [0.5, 0.6) is 0 Å². The van der Waals surface area contributed by atoms with Gasteiger partial charge < -0.3 is 10.2 Å². The van der Waals surface area contributed by atoms with Crippen molar-refractivity contribution < 1.29 is 13.2 Å². The van der Waals surface area contributed by atoms with Crippen LogP contribution in [0, 0.1) is 0 Å². The molecule has 0 aliphatic rings. The Balaban J connectivity index is 3.09. The molecule has 21 heavy (non-hydrogen) atoms. The molecule has 1 aromatic carbocycles. The van der Waals surface area contributed by atoms with Gasteiger partial charge in [0.1, 0.15) is 6.54 Å². The van der Waals surface area contributed by atoms with E-state index in [1.807, 2.05) is 19.1 Å². The summed E-state index contributed by atoms with van der Waals surface area (Å²) < 4.78 is 39.0. The van der Waals surface area contributed by atoms with Crippen molar-refractivity contribution >= 4 is 21.6 Å². The van der Waals surface area contributed by atoms with Gasteiger partial charge in [0.05, 0.1) is 0 Å². The molecule has 0 bridgehead atoms. The minimum Gasteiger partial charge on any atom is -0.363 e. The van der Waals surface area contributed by atoms with Crippen LogP contribution in [0.15, 0.2) is 22.7 Å². The number of hydrogen-bond donors (Lipinski definition) is 1. The molecular formula is C15H22BrF3N2. The van der Waals surface area contributed by atoms with Gasteiger partial charge in [0, 0.05) is 22.7 Å². The average molecular weight is 367 g/mol. The molecule has 1 atom stereocenters. The highest BCUT2D eigenvalue weighted by Crippen LogP contribution is 2.31. The molecule has 0 aliphatic heterocycles. The largest absolute Gasteiger partial charge is 0.405 e. The van der Waals surface area contributed by atoms with E-state index in [2.05, 4.69) is 28.2 Å². The molecule has 0 spiro atoms. The molecule has 0 radical (unpaired) electrons. The summed E-state index contributed by atoms with van der Waals surface area (Å²) in [5, 5.41) is 3.33. The molecule has 1 aromatic rings. The Morgan fingerprint density at radius 1 is 1.29 bits per heavy atom. The normalized spacial score (nSPS) is 13.3. The lowest BCUT2D eigenvalue weighted by molar-refractivity contribution is -0.119. The maximum atomic E-state index is 12.7. The third-order valence-corrected chi connectivity index (χ3v) is 3.75. The predicted octanol–water partition coefficient (Wildman–Crippen LogP) is 4.90. The monoisotopic (exact) mass is 366 g/mol. The minimum absolute atomic E-state index is 0.00957. The maximum absolute atomic E-state index is 12.7. The van der Waals surface area contributed by atoms with Crippen molar-refractivity contribution in [1.82, 2.24) is 5.32 Å². The number of alkyl halides is 3. The van der Waals surface area contributed by atoms with Crippen molar-refractivity contribution in [3.63, 3.8) is 0 Å². The lowest BCUT2D eigenvalue weighted by atomic mass is 10.0. The van der Waals surface area contributed by atoms with E-state index in [9.17, 15) is 13.2 Å². The molecule has 120 valence electrons. The number of hydrogen-bond acceptors (Lipinski definition) is 2. The Hall–Kier alpha value is -0.750. The van der Waals surface area contributed by atoms with Crippen molar-refractivity contribution in [2.75, 3.05) is 24.5 Å². The smallest absolute Gasteiger partial charge is 0.363 e. The zero-order valence-electron chi connectivity index (χ0n) is 12.6. The van der Waals surface area contributed by atoms with E-state index in [0.717, 1.165) is 23.0 Å². The number of halogens is 4. The van der Waals surface area contributed by atoms with Gasteiger partial charge in [-0.2, -0.15) is 13.2 Å². The summed E-state index contributed by atoms with van der Waals surface area (Å²) in [7, 11) is 0. The van der Waals surface area contributed by atoms with Gasteiger partial charge in [-0.05, 0) is 44.5 Å². The van der Waals surface area contributed by atoms with E-state index in [-0.39, 0.29) is 6.04 Å². The summed E-state index contributed by atoms with van der Waals surface area (Å²) >= 11 is 3.35. The molecular weight excluding hydrogens is 345 g/mol. The van der Waals surface area contributed by atoms with Crippen LogP contribution in [0.4, 0.5) is 18.9 Å². The van der Waals surface area contributed by atoms with Crippen LogP contribution in [-0.2, 0) is 0 Å². The quantitative estimate of drug-likeness (QED) is 0.738. The second-order valence-corrected chi connectivity index (χ2v) is 5.92. The molecule has 1 N–H and O–H groups in total. The van der Waals surface area contributed by atoms with Gasteiger partial charge >= 0.3 is 6.18 Å². The van der Waals surface area contributed by atoms with E-state index in [4.69, 9.17) is 0 Å². The fourth-order valence-corrected chi connectivity index (χ4v) is 2.56.